The van der Waals surface area contributed by atoms with Gasteiger partial charge in [-0.1, -0.05) is 12.1 Å². The van der Waals surface area contributed by atoms with Gasteiger partial charge in [0.05, 0.1) is 7.11 Å². The van der Waals surface area contributed by atoms with Crippen LogP contribution in [0.3, 0.4) is 0 Å². The number of ketones is 1. The smallest absolute Gasteiger partial charge is 0.134 e. The van der Waals surface area contributed by atoms with Crippen LogP contribution >= 0.6 is 0 Å². The molecule has 3 nitrogen and oxygen atoms in total. The van der Waals surface area contributed by atoms with Crippen LogP contribution in [0.2, 0.25) is 0 Å². The predicted octanol–water partition coefficient (Wildman–Crippen LogP) is 1.55. The van der Waals surface area contributed by atoms with Crippen LogP contribution < -0.4 is 10.5 Å². The summed E-state index contributed by atoms with van der Waals surface area (Å²) in [6, 6.07) is 7.77. The molecule has 0 radical (unpaired) electrons. The van der Waals surface area contributed by atoms with Crippen molar-refractivity contribution >= 4 is 5.78 Å². The van der Waals surface area contributed by atoms with Crippen molar-refractivity contribution < 1.29 is 9.53 Å². The zero-order valence-corrected chi connectivity index (χ0v) is 9.03. The van der Waals surface area contributed by atoms with Crippen LogP contribution in [-0.4, -0.2) is 19.4 Å². The van der Waals surface area contributed by atoms with Crippen LogP contribution in [0.1, 0.15) is 18.4 Å². The Morgan fingerprint density at radius 3 is 2.47 bits per heavy atom. The van der Waals surface area contributed by atoms with E-state index >= 15 is 0 Å². The third-order valence-electron chi connectivity index (χ3n) is 2.27. The molecule has 0 spiro atoms. The molecule has 1 aromatic carbocycles. The summed E-state index contributed by atoms with van der Waals surface area (Å²) in [7, 11) is 1.64. The largest absolute Gasteiger partial charge is 0.497 e. The van der Waals surface area contributed by atoms with Gasteiger partial charge in [0.15, 0.2) is 0 Å². The third-order valence-corrected chi connectivity index (χ3v) is 2.27. The number of carbonyl (C=O) groups excluding carboxylic acids is 1. The van der Waals surface area contributed by atoms with Gasteiger partial charge in [0.25, 0.3) is 0 Å². The van der Waals surface area contributed by atoms with Crippen molar-refractivity contribution in [1.29, 1.82) is 0 Å². The van der Waals surface area contributed by atoms with E-state index in [0.29, 0.717) is 19.4 Å². The minimum Gasteiger partial charge on any atom is -0.497 e. The summed E-state index contributed by atoms with van der Waals surface area (Å²) < 4.78 is 5.05. The number of rotatable bonds is 6. The van der Waals surface area contributed by atoms with Crippen molar-refractivity contribution in [2.24, 2.45) is 5.73 Å². The Morgan fingerprint density at radius 1 is 1.27 bits per heavy atom. The zero-order chi connectivity index (χ0) is 11.1. The average Bonchev–Trinajstić information content (AvgIpc) is 2.27. The second kappa shape index (κ2) is 6.19. The van der Waals surface area contributed by atoms with Gasteiger partial charge in [0, 0.05) is 12.8 Å². The van der Waals surface area contributed by atoms with E-state index < -0.39 is 0 Å². The van der Waals surface area contributed by atoms with Crippen LogP contribution in [0.15, 0.2) is 24.3 Å². The number of ether oxygens (including phenoxy) is 1. The highest BCUT2D eigenvalue weighted by atomic mass is 16.5. The minimum absolute atomic E-state index is 0.230. The van der Waals surface area contributed by atoms with Crippen LogP contribution in [0.25, 0.3) is 0 Å². The molecule has 3 heteroatoms. The maximum atomic E-state index is 11.2. The Balaban J connectivity index is 2.40. The molecule has 0 aliphatic rings. The topological polar surface area (TPSA) is 52.3 Å². The fraction of sp³-hybridized carbons (Fsp3) is 0.417. The average molecular weight is 207 g/mol. The van der Waals surface area contributed by atoms with E-state index in [0.717, 1.165) is 17.7 Å². The SMILES string of the molecule is COc1ccc(CCC(=O)CCN)cc1. The highest BCUT2D eigenvalue weighted by Crippen LogP contribution is 2.12. The Morgan fingerprint density at radius 2 is 1.93 bits per heavy atom. The van der Waals surface area contributed by atoms with E-state index in [1.54, 1.807) is 7.11 Å². The van der Waals surface area contributed by atoms with Crippen LogP contribution in [0, 0.1) is 0 Å². The fourth-order valence-corrected chi connectivity index (χ4v) is 1.36. The van der Waals surface area contributed by atoms with E-state index in [1.807, 2.05) is 24.3 Å². The minimum atomic E-state index is 0.230. The molecule has 0 aromatic heterocycles. The zero-order valence-electron chi connectivity index (χ0n) is 9.03. The molecule has 15 heavy (non-hydrogen) atoms. The Kier molecular flexibility index (Phi) is 4.84. The first-order valence-corrected chi connectivity index (χ1v) is 5.11. The van der Waals surface area contributed by atoms with E-state index in [-0.39, 0.29) is 5.78 Å². The number of hydrogen-bond acceptors (Lipinski definition) is 3. The normalized spacial score (nSPS) is 10.0. The van der Waals surface area contributed by atoms with Gasteiger partial charge in [-0.2, -0.15) is 0 Å². The molecular formula is C12H17NO2. The summed E-state index contributed by atoms with van der Waals surface area (Å²) >= 11 is 0. The fourth-order valence-electron chi connectivity index (χ4n) is 1.36. The Labute approximate surface area is 90.2 Å². The molecule has 82 valence electrons. The maximum absolute atomic E-state index is 11.2. The first-order chi connectivity index (χ1) is 7.26. The summed E-state index contributed by atoms with van der Waals surface area (Å²) in [5, 5.41) is 0. The highest BCUT2D eigenvalue weighted by molar-refractivity contribution is 5.78. The number of nitrogens with two attached hydrogens (primary N) is 1. The van der Waals surface area contributed by atoms with E-state index in [2.05, 4.69) is 0 Å². The molecule has 0 atom stereocenters. The van der Waals surface area contributed by atoms with Gasteiger partial charge in [0.2, 0.25) is 0 Å². The molecule has 0 saturated heterocycles. The summed E-state index contributed by atoms with van der Waals surface area (Å²) in [6.45, 7) is 0.446. The molecule has 1 rings (SSSR count). The van der Waals surface area contributed by atoms with Crippen molar-refractivity contribution in [3.63, 3.8) is 0 Å². The number of hydrogen-bond donors (Lipinski definition) is 1. The molecular weight excluding hydrogens is 190 g/mol. The Hall–Kier alpha value is -1.35. The summed E-state index contributed by atoms with van der Waals surface area (Å²) in [6.07, 6.45) is 1.84. The van der Waals surface area contributed by atoms with Crippen LogP contribution in [0.5, 0.6) is 5.75 Å². The summed E-state index contributed by atoms with van der Waals surface area (Å²) in [5.74, 6) is 1.07. The predicted molar refractivity (Wildman–Crippen MR) is 60.0 cm³/mol. The van der Waals surface area contributed by atoms with E-state index in [4.69, 9.17) is 10.5 Å². The van der Waals surface area contributed by atoms with Gasteiger partial charge in [-0.15, -0.1) is 0 Å². The molecule has 0 fully saturated rings. The molecule has 0 bridgehead atoms. The van der Waals surface area contributed by atoms with Crippen LogP contribution in [0.4, 0.5) is 0 Å². The molecule has 0 aliphatic carbocycles. The molecule has 2 N–H and O–H groups in total. The van der Waals surface area contributed by atoms with Crippen molar-refractivity contribution in [3.05, 3.63) is 29.8 Å². The first-order valence-electron chi connectivity index (χ1n) is 5.11. The number of methoxy groups -OCH3 is 1. The number of carbonyl (C=O) groups is 1. The van der Waals surface area contributed by atoms with Crippen molar-refractivity contribution in [2.75, 3.05) is 13.7 Å². The van der Waals surface area contributed by atoms with Crippen LogP contribution in [-0.2, 0) is 11.2 Å². The maximum Gasteiger partial charge on any atom is 0.134 e. The van der Waals surface area contributed by atoms with Gasteiger partial charge in [0.1, 0.15) is 11.5 Å². The second-order valence-corrected chi connectivity index (χ2v) is 3.43. The molecule has 0 unspecified atom stereocenters. The lowest BCUT2D eigenvalue weighted by molar-refractivity contribution is -0.118. The standard InChI is InChI=1S/C12H17NO2/c1-15-12-6-3-10(4-7-12)2-5-11(14)8-9-13/h3-4,6-7H,2,5,8-9,13H2,1H3. The summed E-state index contributed by atoms with van der Waals surface area (Å²) in [4.78, 5) is 11.2. The van der Waals surface area contributed by atoms with Crippen molar-refractivity contribution in [2.45, 2.75) is 19.3 Å². The third kappa shape index (κ3) is 4.13. The first kappa shape index (κ1) is 11.7. The van der Waals surface area contributed by atoms with Gasteiger partial charge in [-0.3, -0.25) is 4.79 Å². The van der Waals surface area contributed by atoms with Crippen molar-refractivity contribution in [1.82, 2.24) is 0 Å². The molecule has 0 aliphatic heterocycles. The Bertz CT molecular complexity index is 306. The van der Waals surface area contributed by atoms with Gasteiger partial charge >= 0.3 is 0 Å². The lowest BCUT2D eigenvalue weighted by atomic mass is 10.1. The highest BCUT2D eigenvalue weighted by Gasteiger charge is 2.01. The van der Waals surface area contributed by atoms with Gasteiger partial charge in [-0.25, -0.2) is 0 Å². The van der Waals surface area contributed by atoms with Crippen molar-refractivity contribution in [3.8, 4) is 5.75 Å². The lowest BCUT2D eigenvalue weighted by Gasteiger charge is -2.02. The van der Waals surface area contributed by atoms with E-state index in [1.165, 1.54) is 0 Å². The molecule has 0 saturated carbocycles. The van der Waals surface area contributed by atoms with Gasteiger partial charge in [-0.05, 0) is 30.7 Å². The summed E-state index contributed by atoms with van der Waals surface area (Å²) in [5.41, 5.74) is 6.45. The monoisotopic (exact) mass is 207 g/mol. The lowest BCUT2D eigenvalue weighted by Crippen LogP contribution is -2.08. The molecule has 1 aromatic rings. The number of aryl methyl sites for hydroxylation is 1. The molecule has 0 amide bonds. The van der Waals surface area contributed by atoms with E-state index in [9.17, 15) is 4.79 Å². The number of benzene rings is 1. The quantitative estimate of drug-likeness (QED) is 0.770. The van der Waals surface area contributed by atoms with Gasteiger partial charge < -0.3 is 10.5 Å². The second-order valence-electron chi connectivity index (χ2n) is 3.43. The molecule has 0 heterocycles. The number of Topliss-reactive ketones (excluding diaryl/α,β-unsaturated/α-hetero) is 1.